The second kappa shape index (κ2) is 10.2. The molecule has 0 atom stereocenters. The molecule has 1 amide bonds. The standard InChI is InChI=1S/C21H17ClF2N4O2S.ClH/c1-30-17-4-3-13(22)9-15(17)20(29)28(7-2-6-27-8-5-25-12-27)21-26-19-16(24)10-14(23)11-18(19)31-21;/h3-5,8-12H,2,6-7H2,1H3;1H. The van der Waals surface area contributed by atoms with Crippen LogP contribution in [-0.2, 0) is 6.54 Å². The Morgan fingerprint density at radius 2 is 2.09 bits per heavy atom. The van der Waals surface area contributed by atoms with Gasteiger partial charge in [0.1, 0.15) is 17.1 Å². The van der Waals surface area contributed by atoms with Crippen LogP contribution in [0, 0.1) is 11.6 Å². The van der Waals surface area contributed by atoms with Crippen LogP contribution in [-0.4, -0.2) is 34.1 Å². The number of hydrogen-bond donors (Lipinski definition) is 0. The van der Waals surface area contributed by atoms with E-state index in [-0.39, 0.29) is 35.2 Å². The van der Waals surface area contributed by atoms with Gasteiger partial charge in [0.2, 0.25) is 0 Å². The van der Waals surface area contributed by atoms with E-state index in [1.807, 2.05) is 10.8 Å². The molecule has 32 heavy (non-hydrogen) atoms. The summed E-state index contributed by atoms with van der Waals surface area (Å²) in [5.41, 5.74) is 0.274. The molecule has 0 spiro atoms. The van der Waals surface area contributed by atoms with Crippen LogP contribution in [0.2, 0.25) is 5.02 Å². The highest BCUT2D eigenvalue weighted by Gasteiger charge is 2.25. The second-order valence-corrected chi connectivity index (χ2v) is 8.13. The number of hydrogen-bond acceptors (Lipinski definition) is 5. The Balaban J connectivity index is 0.00000289. The number of aryl methyl sites for hydroxylation is 1. The lowest BCUT2D eigenvalue weighted by atomic mass is 10.1. The summed E-state index contributed by atoms with van der Waals surface area (Å²) in [5.74, 6) is -1.52. The van der Waals surface area contributed by atoms with E-state index in [0.29, 0.717) is 28.4 Å². The number of ether oxygens (including phenoxy) is 1. The molecule has 0 N–H and O–H groups in total. The Hall–Kier alpha value is -2.75. The van der Waals surface area contributed by atoms with E-state index in [2.05, 4.69) is 9.97 Å². The number of aromatic nitrogens is 3. The Morgan fingerprint density at radius 1 is 1.28 bits per heavy atom. The van der Waals surface area contributed by atoms with Crippen molar-refractivity contribution in [2.24, 2.45) is 0 Å². The van der Waals surface area contributed by atoms with Gasteiger partial charge in [-0.15, -0.1) is 12.4 Å². The number of fused-ring (bicyclic) bond motifs is 1. The maximum atomic E-state index is 14.2. The van der Waals surface area contributed by atoms with Gasteiger partial charge in [-0.2, -0.15) is 0 Å². The van der Waals surface area contributed by atoms with Crippen molar-refractivity contribution in [1.29, 1.82) is 0 Å². The van der Waals surface area contributed by atoms with Crippen LogP contribution < -0.4 is 9.64 Å². The molecule has 2 aromatic carbocycles. The van der Waals surface area contributed by atoms with E-state index in [1.54, 1.807) is 24.7 Å². The minimum absolute atomic E-state index is 0. The molecule has 0 saturated carbocycles. The zero-order valence-corrected chi connectivity index (χ0v) is 19.2. The van der Waals surface area contributed by atoms with Crippen molar-refractivity contribution in [2.45, 2.75) is 13.0 Å². The number of carbonyl (C=O) groups excluding carboxylic acids is 1. The lowest BCUT2D eigenvalue weighted by Gasteiger charge is -2.21. The number of nitrogens with zero attached hydrogens (tertiary/aromatic N) is 4. The van der Waals surface area contributed by atoms with E-state index in [1.165, 1.54) is 24.1 Å². The topological polar surface area (TPSA) is 60.2 Å². The first kappa shape index (κ1) is 23.9. The Kier molecular flexibility index (Phi) is 7.65. The average Bonchev–Trinajstić information content (AvgIpc) is 3.40. The molecule has 0 aliphatic heterocycles. The number of benzene rings is 2. The molecule has 4 rings (SSSR count). The molecule has 4 aromatic rings. The zero-order chi connectivity index (χ0) is 22.0. The van der Waals surface area contributed by atoms with Gasteiger partial charge in [0, 0.05) is 36.6 Å². The lowest BCUT2D eigenvalue weighted by Crippen LogP contribution is -2.32. The highest BCUT2D eigenvalue weighted by Crippen LogP contribution is 2.33. The van der Waals surface area contributed by atoms with Gasteiger partial charge in [0.05, 0.1) is 23.7 Å². The summed E-state index contributed by atoms with van der Waals surface area (Å²) in [5, 5.41) is 0.636. The van der Waals surface area contributed by atoms with Gasteiger partial charge in [-0.3, -0.25) is 9.69 Å². The molecule has 0 saturated heterocycles. The fourth-order valence-corrected chi connectivity index (χ4v) is 4.37. The number of amides is 1. The monoisotopic (exact) mass is 498 g/mol. The summed E-state index contributed by atoms with van der Waals surface area (Å²) >= 11 is 7.15. The van der Waals surface area contributed by atoms with Crippen LogP contribution in [0.25, 0.3) is 10.2 Å². The minimum atomic E-state index is -0.774. The first-order chi connectivity index (χ1) is 15.0. The highest BCUT2D eigenvalue weighted by molar-refractivity contribution is 7.22. The summed E-state index contributed by atoms with van der Waals surface area (Å²) in [6.07, 6.45) is 5.76. The predicted octanol–water partition coefficient (Wildman–Crippen LogP) is 5.59. The molecule has 2 aromatic heterocycles. The molecular weight excluding hydrogens is 481 g/mol. The molecule has 11 heteroatoms. The SMILES string of the molecule is COc1ccc(Cl)cc1C(=O)N(CCCn1ccnc1)c1nc2c(F)cc(F)cc2s1.Cl. The van der Waals surface area contributed by atoms with Crippen molar-refractivity contribution in [3.8, 4) is 5.75 Å². The van der Waals surface area contributed by atoms with Crippen LogP contribution in [0.3, 0.4) is 0 Å². The largest absolute Gasteiger partial charge is 0.496 e. The van der Waals surface area contributed by atoms with Gasteiger partial charge < -0.3 is 9.30 Å². The number of methoxy groups -OCH3 is 1. The van der Waals surface area contributed by atoms with Crippen molar-refractivity contribution >= 4 is 56.6 Å². The molecule has 168 valence electrons. The summed E-state index contributed by atoms with van der Waals surface area (Å²) in [7, 11) is 1.46. The number of thiazole rings is 1. The van der Waals surface area contributed by atoms with Crippen molar-refractivity contribution in [3.05, 3.63) is 71.3 Å². The number of halogens is 4. The van der Waals surface area contributed by atoms with Gasteiger partial charge in [-0.05, 0) is 30.7 Å². The number of carbonyl (C=O) groups is 1. The summed E-state index contributed by atoms with van der Waals surface area (Å²) in [4.78, 5) is 23.2. The van der Waals surface area contributed by atoms with Gasteiger partial charge in [-0.1, -0.05) is 22.9 Å². The summed E-state index contributed by atoms with van der Waals surface area (Å²) in [6.45, 7) is 0.904. The first-order valence-electron chi connectivity index (χ1n) is 9.33. The van der Waals surface area contributed by atoms with Gasteiger partial charge in [-0.25, -0.2) is 18.7 Å². The second-order valence-electron chi connectivity index (χ2n) is 6.69. The van der Waals surface area contributed by atoms with Crippen LogP contribution in [0.15, 0.2) is 49.1 Å². The summed E-state index contributed by atoms with van der Waals surface area (Å²) < 4.78 is 35.4. The fraction of sp³-hybridized carbons (Fsp3) is 0.190. The van der Waals surface area contributed by atoms with Crippen molar-refractivity contribution < 1.29 is 18.3 Å². The third-order valence-corrected chi connectivity index (χ3v) is 5.89. The first-order valence-corrected chi connectivity index (χ1v) is 10.5. The van der Waals surface area contributed by atoms with E-state index < -0.39 is 17.5 Å². The normalized spacial score (nSPS) is 10.8. The van der Waals surface area contributed by atoms with Gasteiger partial charge in [0.15, 0.2) is 10.9 Å². The van der Waals surface area contributed by atoms with Crippen molar-refractivity contribution in [2.75, 3.05) is 18.6 Å². The minimum Gasteiger partial charge on any atom is -0.496 e. The maximum Gasteiger partial charge on any atom is 0.263 e. The number of rotatable bonds is 7. The third-order valence-electron chi connectivity index (χ3n) is 4.63. The zero-order valence-electron chi connectivity index (χ0n) is 16.8. The van der Waals surface area contributed by atoms with Crippen molar-refractivity contribution in [3.63, 3.8) is 0 Å². The fourth-order valence-electron chi connectivity index (χ4n) is 3.17. The predicted molar refractivity (Wildman–Crippen MR) is 123 cm³/mol. The van der Waals surface area contributed by atoms with E-state index in [9.17, 15) is 13.6 Å². The maximum absolute atomic E-state index is 14.2. The smallest absolute Gasteiger partial charge is 0.263 e. The van der Waals surface area contributed by atoms with Crippen LogP contribution in [0.1, 0.15) is 16.8 Å². The molecule has 6 nitrogen and oxygen atoms in total. The lowest BCUT2D eigenvalue weighted by molar-refractivity contribution is 0.0983. The van der Waals surface area contributed by atoms with E-state index in [4.69, 9.17) is 16.3 Å². The van der Waals surface area contributed by atoms with Crippen LogP contribution >= 0.6 is 35.3 Å². The Morgan fingerprint density at radius 3 is 2.81 bits per heavy atom. The third kappa shape index (κ3) is 5.01. The highest BCUT2D eigenvalue weighted by atomic mass is 35.5. The Labute approximate surface area is 197 Å². The summed E-state index contributed by atoms with van der Waals surface area (Å²) in [6, 6.07) is 6.72. The Bertz CT molecular complexity index is 1230. The van der Waals surface area contributed by atoms with Crippen LogP contribution in [0.5, 0.6) is 5.75 Å². The molecule has 0 aliphatic rings. The number of imidazole rings is 1. The van der Waals surface area contributed by atoms with E-state index in [0.717, 1.165) is 17.4 Å². The molecule has 0 aliphatic carbocycles. The molecule has 0 unspecified atom stereocenters. The average molecular weight is 499 g/mol. The molecular formula is C21H18Cl2F2N4O2S. The van der Waals surface area contributed by atoms with Crippen LogP contribution in [0.4, 0.5) is 13.9 Å². The van der Waals surface area contributed by atoms with Gasteiger partial charge in [0.25, 0.3) is 5.91 Å². The molecule has 0 bridgehead atoms. The molecule has 2 heterocycles. The molecule has 0 fully saturated rings. The quantitative estimate of drug-likeness (QED) is 0.333. The number of anilines is 1. The van der Waals surface area contributed by atoms with Crippen molar-refractivity contribution in [1.82, 2.24) is 14.5 Å². The molecule has 0 radical (unpaired) electrons. The van der Waals surface area contributed by atoms with E-state index >= 15 is 0 Å². The van der Waals surface area contributed by atoms with Gasteiger partial charge >= 0.3 is 0 Å².